The van der Waals surface area contributed by atoms with Crippen LogP contribution in [0.2, 0.25) is 0 Å². The molecule has 0 atom stereocenters. The van der Waals surface area contributed by atoms with Gasteiger partial charge in [-0.2, -0.15) is 0 Å². The molecular formula is C11H21IO2. The fourth-order valence-electron chi connectivity index (χ4n) is 1.72. The molecule has 0 saturated heterocycles. The number of alkyl halides is 1. The van der Waals surface area contributed by atoms with E-state index in [-0.39, 0.29) is 11.2 Å². The maximum atomic E-state index is 6.06. The van der Waals surface area contributed by atoms with Gasteiger partial charge in [-0.25, -0.2) is 0 Å². The fourth-order valence-corrected chi connectivity index (χ4v) is 2.70. The number of methoxy groups -OCH3 is 1. The van der Waals surface area contributed by atoms with Crippen LogP contribution in [0.15, 0.2) is 0 Å². The summed E-state index contributed by atoms with van der Waals surface area (Å²) >= 11 is 2.44. The van der Waals surface area contributed by atoms with Crippen LogP contribution in [-0.4, -0.2) is 29.3 Å². The average Bonchev–Trinajstić information content (AvgIpc) is 2.65. The van der Waals surface area contributed by atoms with Gasteiger partial charge >= 0.3 is 0 Å². The van der Waals surface area contributed by atoms with Gasteiger partial charge < -0.3 is 9.47 Å². The van der Waals surface area contributed by atoms with Crippen LogP contribution in [0.1, 0.15) is 39.5 Å². The van der Waals surface area contributed by atoms with E-state index in [0.717, 1.165) is 4.43 Å². The number of ether oxygens (including phenoxy) is 2. The smallest absolute Gasteiger partial charge is 0.0855 e. The van der Waals surface area contributed by atoms with Crippen LogP contribution in [0.3, 0.4) is 0 Å². The van der Waals surface area contributed by atoms with Gasteiger partial charge in [0.25, 0.3) is 0 Å². The van der Waals surface area contributed by atoms with Crippen molar-refractivity contribution in [3.05, 3.63) is 0 Å². The van der Waals surface area contributed by atoms with Gasteiger partial charge in [0.1, 0.15) is 0 Å². The van der Waals surface area contributed by atoms with Crippen molar-refractivity contribution < 1.29 is 9.47 Å². The Morgan fingerprint density at radius 1 is 1.29 bits per heavy atom. The van der Waals surface area contributed by atoms with Crippen molar-refractivity contribution in [1.82, 2.24) is 0 Å². The molecule has 3 heteroatoms. The molecule has 0 aromatic rings. The molecule has 1 aliphatic rings. The average molecular weight is 312 g/mol. The van der Waals surface area contributed by atoms with Crippen LogP contribution in [0.25, 0.3) is 0 Å². The SMILES string of the molecule is COC(C)(C)COC1(CI)CCCC1. The van der Waals surface area contributed by atoms with Gasteiger partial charge in [-0.1, -0.05) is 35.4 Å². The Labute approximate surface area is 101 Å². The second kappa shape index (κ2) is 5.12. The van der Waals surface area contributed by atoms with E-state index in [9.17, 15) is 0 Å². The van der Waals surface area contributed by atoms with Crippen molar-refractivity contribution in [3.63, 3.8) is 0 Å². The molecule has 0 bridgehead atoms. The first kappa shape index (κ1) is 12.7. The van der Waals surface area contributed by atoms with E-state index in [2.05, 4.69) is 36.4 Å². The zero-order valence-corrected chi connectivity index (χ0v) is 11.6. The molecule has 1 aliphatic carbocycles. The standard InChI is InChI=1S/C11H21IO2/c1-10(2,13-3)9-14-11(8-12)6-4-5-7-11/h4-9H2,1-3H3. The summed E-state index contributed by atoms with van der Waals surface area (Å²) in [6.07, 6.45) is 5.07. The maximum absolute atomic E-state index is 6.06. The summed E-state index contributed by atoms with van der Waals surface area (Å²) < 4.78 is 12.5. The van der Waals surface area contributed by atoms with Gasteiger partial charge in [0, 0.05) is 11.5 Å². The van der Waals surface area contributed by atoms with Crippen molar-refractivity contribution in [2.75, 3.05) is 18.1 Å². The lowest BCUT2D eigenvalue weighted by Gasteiger charge is -2.32. The molecule has 1 saturated carbocycles. The van der Waals surface area contributed by atoms with Gasteiger partial charge in [0.15, 0.2) is 0 Å². The molecule has 0 N–H and O–H groups in total. The van der Waals surface area contributed by atoms with Crippen molar-refractivity contribution in [2.24, 2.45) is 0 Å². The van der Waals surface area contributed by atoms with E-state index in [0.29, 0.717) is 6.61 Å². The van der Waals surface area contributed by atoms with Gasteiger partial charge in [0.2, 0.25) is 0 Å². The summed E-state index contributed by atoms with van der Waals surface area (Å²) in [6, 6.07) is 0. The van der Waals surface area contributed by atoms with E-state index < -0.39 is 0 Å². The molecule has 1 rings (SSSR count). The Kier molecular flexibility index (Phi) is 4.65. The molecular weight excluding hydrogens is 291 g/mol. The molecule has 0 unspecified atom stereocenters. The highest BCUT2D eigenvalue weighted by atomic mass is 127. The second-order valence-electron chi connectivity index (χ2n) is 4.78. The van der Waals surface area contributed by atoms with Crippen LogP contribution in [0.5, 0.6) is 0 Å². The Morgan fingerprint density at radius 3 is 2.29 bits per heavy atom. The zero-order valence-electron chi connectivity index (χ0n) is 9.44. The molecule has 2 nitrogen and oxygen atoms in total. The highest BCUT2D eigenvalue weighted by molar-refractivity contribution is 14.1. The Bertz CT molecular complexity index is 174. The third-order valence-electron chi connectivity index (χ3n) is 3.04. The molecule has 84 valence electrons. The van der Waals surface area contributed by atoms with Crippen molar-refractivity contribution in [1.29, 1.82) is 0 Å². The van der Waals surface area contributed by atoms with Gasteiger partial charge in [-0.3, -0.25) is 0 Å². The number of halogens is 1. The van der Waals surface area contributed by atoms with E-state index >= 15 is 0 Å². The van der Waals surface area contributed by atoms with Crippen LogP contribution in [0.4, 0.5) is 0 Å². The molecule has 0 spiro atoms. The molecule has 0 amide bonds. The summed E-state index contributed by atoms with van der Waals surface area (Å²) in [4.78, 5) is 0. The topological polar surface area (TPSA) is 18.5 Å². The van der Waals surface area contributed by atoms with Gasteiger partial charge in [-0.15, -0.1) is 0 Å². The molecule has 0 radical (unpaired) electrons. The zero-order chi connectivity index (χ0) is 10.7. The first-order valence-corrected chi connectivity index (χ1v) is 6.81. The minimum absolute atomic E-state index is 0.149. The lowest BCUT2D eigenvalue weighted by Crippen LogP contribution is -2.38. The van der Waals surface area contributed by atoms with Crippen LogP contribution < -0.4 is 0 Å². The predicted octanol–water partition coefficient (Wildman–Crippen LogP) is 3.18. The summed E-state index contributed by atoms with van der Waals surface area (Å²) in [6.45, 7) is 4.85. The predicted molar refractivity (Wildman–Crippen MR) is 67.1 cm³/mol. The van der Waals surface area contributed by atoms with Crippen LogP contribution >= 0.6 is 22.6 Å². The maximum Gasteiger partial charge on any atom is 0.0855 e. The first-order chi connectivity index (χ1) is 6.54. The fraction of sp³-hybridized carbons (Fsp3) is 1.00. The number of rotatable bonds is 5. The van der Waals surface area contributed by atoms with E-state index in [4.69, 9.17) is 9.47 Å². The molecule has 0 heterocycles. The highest BCUT2D eigenvalue weighted by Crippen LogP contribution is 2.35. The van der Waals surface area contributed by atoms with Crippen molar-refractivity contribution in [2.45, 2.75) is 50.7 Å². The Balaban J connectivity index is 2.41. The normalized spacial score (nSPS) is 21.4. The monoisotopic (exact) mass is 312 g/mol. The van der Waals surface area contributed by atoms with Crippen LogP contribution in [0, 0.1) is 0 Å². The molecule has 0 aromatic carbocycles. The van der Waals surface area contributed by atoms with Gasteiger partial charge in [-0.05, 0) is 26.7 Å². The Morgan fingerprint density at radius 2 is 1.86 bits per heavy atom. The largest absolute Gasteiger partial charge is 0.376 e. The minimum atomic E-state index is -0.151. The third-order valence-corrected chi connectivity index (χ3v) is 4.43. The molecule has 14 heavy (non-hydrogen) atoms. The number of hydrogen-bond acceptors (Lipinski definition) is 2. The summed E-state index contributed by atoms with van der Waals surface area (Å²) in [5.41, 5.74) is -0.00222. The lowest BCUT2D eigenvalue weighted by atomic mass is 10.0. The summed E-state index contributed by atoms with van der Waals surface area (Å²) in [5, 5.41) is 0. The molecule has 0 aliphatic heterocycles. The Hall–Kier alpha value is 0.650. The van der Waals surface area contributed by atoms with Crippen LogP contribution in [-0.2, 0) is 9.47 Å². The van der Waals surface area contributed by atoms with Crippen molar-refractivity contribution >= 4 is 22.6 Å². The second-order valence-corrected chi connectivity index (χ2v) is 5.54. The van der Waals surface area contributed by atoms with E-state index in [1.807, 2.05) is 0 Å². The molecule has 0 aromatic heterocycles. The third kappa shape index (κ3) is 3.35. The minimum Gasteiger partial charge on any atom is -0.376 e. The van der Waals surface area contributed by atoms with E-state index in [1.54, 1.807) is 7.11 Å². The van der Waals surface area contributed by atoms with E-state index in [1.165, 1.54) is 25.7 Å². The molecule has 1 fully saturated rings. The lowest BCUT2D eigenvalue weighted by molar-refractivity contribution is -0.107. The first-order valence-electron chi connectivity index (χ1n) is 5.29. The van der Waals surface area contributed by atoms with Crippen molar-refractivity contribution in [3.8, 4) is 0 Å². The quantitative estimate of drug-likeness (QED) is 0.573. The highest BCUT2D eigenvalue weighted by Gasteiger charge is 2.35. The summed E-state index contributed by atoms with van der Waals surface area (Å²) in [5.74, 6) is 0. The number of hydrogen-bond donors (Lipinski definition) is 0. The van der Waals surface area contributed by atoms with Gasteiger partial charge in [0.05, 0.1) is 17.8 Å². The summed E-state index contributed by atoms with van der Waals surface area (Å²) in [7, 11) is 1.74.